The zero-order chi connectivity index (χ0) is 13.0. The maximum Gasteiger partial charge on any atom is 0.261 e. The summed E-state index contributed by atoms with van der Waals surface area (Å²) >= 11 is 0. The van der Waals surface area contributed by atoms with Gasteiger partial charge in [0.25, 0.3) is 5.91 Å². The molecule has 0 bridgehead atoms. The Morgan fingerprint density at radius 1 is 1.29 bits per heavy atom. The number of hydrogen-bond acceptors (Lipinski definition) is 3. The molecule has 4 heteroatoms. The summed E-state index contributed by atoms with van der Waals surface area (Å²) in [6, 6.07) is 4.38. The van der Waals surface area contributed by atoms with Crippen LogP contribution in [-0.2, 0) is 0 Å². The lowest BCUT2D eigenvalue weighted by atomic mass is 10.1. The van der Waals surface area contributed by atoms with Crippen molar-refractivity contribution in [3.05, 3.63) is 23.8 Å². The third kappa shape index (κ3) is 2.70. The van der Waals surface area contributed by atoms with Crippen molar-refractivity contribution in [1.82, 2.24) is 4.90 Å². The van der Waals surface area contributed by atoms with Crippen LogP contribution in [0.3, 0.4) is 0 Å². The van der Waals surface area contributed by atoms with Gasteiger partial charge in [0.15, 0.2) is 0 Å². The average Bonchev–Trinajstić information content (AvgIpc) is 2.29. The smallest absolute Gasteiger partial charge is 0.261 e. The first-order chi connectivity index (χ1) is 8.02. The third-order valence-corrected chi connectivity index (χ3v) is 2.96. The van der Waals surface area contributed by atoms with Gasteiger partial charge >= 0.3 is 0 Å². The number of aromatic hydroxyl groups is 2. The maximum absolute atomic E-state index is 12.2. The minimum atomic E-state index is -0.336. The fraction of sp³-hybridized carbons (Fsp3) is 0.462. The van der Waals surface area contributed by atoms with E-state index in [4.69, 9.17) is 0 Å². The van der Waals surface area contributed by atoms with Gasteiger partial charge in [-0.2, -0.15) is 0 Å². The van der Waals surface area contributed by atoms with Crippen LogP contribution in [-0.4, -0.2) is 33.6 Å². The fourth-order valence-corrected chi connectivity index (χ4v) is 1.77. The molecule has 2 N–H and O–H groups in total. The quantitative estimate of drug-likeness (QED) is 0.845. The van der Waals surface area contributed by atoms with Crippen LogP contribution in [0.1, 0.15) is 37.6 Å². The van der Waals surface area contributed by atoms with E-state index >= 15 is 0 Å². The molecule has 4 nitrogen and oxygen atoms in total. The standard InChI is InChI=1S/C13H19NO3/c1-4-9(3)14(5-2)13(17)12-10(15)7-6-8-11(12)16/h6-9,15-16H,4-5H2,1-3H3. The molecular weight excluding hydrogens is 218 g/mol. The first-order valence-corrected chi connectivity index (χ1v) is 5.84. The van der Waals surface area contributed by atoms with Crippen molar-refractivity contribution in [2.75, 3.05) is 6.54 Å². The number of phenolic OH excluding ortho intramolecular Hbond substituents is 2. The van der Waals surface area contributed by atoms with E-state index in [1.807, 2.05) is 20.8 Å². The molecule has 0 aliphatic heterocycles. The van der Waals surface area contributed by atoms with E-state index in [-0.39, 0.29) is 29.0 Å². The first-order valence-electron chi connectivity index (χ1n) is 5.84. The van der Waals surface area contributed by atoms with Crippen molar-refractivity contribution in [2.24, 2.45) is 0 Å². The molecule has 0 saturated heterocycles. The van der Waals surface area contributed by atoms with Crippen LogP contribution < -0.4 is 0 Å². The van der Waals surface area contributed by atoms with Crippen LogP contribution in [0, 0.1) is 0 Å². The number of benzene rings is 1. The van der Waals surface area contributed by atoms with Crippen LogP contribution in [0.4, 0.5) is 0 Å². The number of carbonyl (C=O) groups excluding carboxylic acids is 1. The monoisotopic (exact) mass is 237 g/mol. The number of nitrogens with zero attached hydrogens (tertiary/aromatic N) is 1. The van der Waals surface area contributed by atoms with Gasteiger partial charge in [0.2, 0.25) is 0 Å². The predicted octanol–water partition coefficient (Wildman–Crippen LogP) is 2.36. The lowest BCUT2D eigenvalue weighted by molar-refractivity contribution is 0.0693. The number of rotatable bonds is 4. The molecule has 0 aliphatic carbocycles. The lowest BCUT2D eigenvalue weighted by Crippen LogP contribution is -2.38. The first kappa shape index (κ1) is 13.4. The average molecular weight is 237 g/mol. The summed E-state index contributed by atoms with van der Waals surface area (Å²) in [5, 5.41) is 19.3. The van der Waals surface area contributed by atoms with Gasteiger partial charge in [-0.1, -0.05) is 13.0 Å². The molecule has 0 radical (unpaired) electrons. The molecule has 0 aromatic heterocycles. The Bertz CT molecular complexity index is 383. The highest BCUT2D eigenvalue weighted by molar-refractivity contribution is 5.99. The second-order valence-electron chi connectivity index (χ2n) is 4.02. The molecule has 94 valence electrons. The topological polar surface area (TPSA) is 60.8 Å². The van der Waals surface area contributed by atoms with Gasteiger partial charge in [0.05, 0.1) is 0 Å². The number of carbonyl (C=O) groups is 1. The highest BCUT2D eigenvalue weighted by Crippen LogP contribution is 2.28. The fourth-order valence-electron chi connectivity index (χ4n) is 1.77. The highest BCUT2D eigenvalue weighted by atomic mass is 16.3. The van der Waals surface area contributed by atoms with E-state index in [0.717, 1.165) is 6.42 Å². The van der Waals surface area contributed by atoms with Crippen LogP contribution in [0.5, 0.6) is 11.5 Å². The largest absolute Gasteiger partial charge is 0.507 e. The molecular formula is C13H19NO3. The molecule has 1 unspecified atom stereocenters. The Morgan fingerprint density at radius 2 is 1.82 bits per heavy atom. The molecule has 0 fully saturated rings. The second-order valence-corrected chi connectivity index (χ2v) is 4.02. The third-order valence-electron chi connectivity index (χ3n) is 2.96. The zero-order valence-electron chi connectivity index (χ0n) is 10.5. The van der Waals surface area contributed by atoms with Crippen LogP contribution >= 0.6 is 0 Å². The van der Waals surface area contributed by atoms with Crippen molar-refractivity contribution in [2.45, 2.75) is 33.2 Å². The Balaban J connectivity index is 3.10. The van der Waals surface area contributed by atoms with Gasteiger partial charge in [0.1, 0.15) is 17.1 Å². The summed E-state index contributed by atoms with van der Waals surface area (Å²) in [6.07, 6.45) is 0.827. The van der Waals surface area contributed by atoms with Crippen LogP contribution in [0.2, 0.25) is 0 Å². The normalized spacial score (nSPS) is 12.2. The maximum atomic E-state index is 12.2. The summed E-state index contributed by atoms with van der Waals surface area (Å²) in [6.45, 7) is 6.35. The zero-order valence-corrected chi connectivity index (χ0v) is 10.5. The van der Waals surface area contributed by atoms with Crippen molar-refractivity contribution in [1.29, 1.82) is 0 Å². The minimum absolute atomic E-state index is 0.0188. The number of hydrogen-bond donors (Lipinski definition) is 2. The predicted molar refractivity (Wildman–Crippen MR) is 66.2 cm³/mol. The molecule has 0 heterocycles. The lowest BCUT2D eigenvalue weighted by Gasteiger charge is -2.27. The molecule has 0 aliphatic rings. The van der Waals surface area contributed by atoms with E-state index in [1.165, 1.54) is 18.2 Å². The van der Waals surface area contributed by atoms with Crippen LogP contribution in [0.25, 0.3) is 0 Å². The summed E-state index contributed by atoms with van der Waals surface area (Å²) in [7, 11) is 0. The number of phenols is 2. The van der Waals surface area contributed by atoms with Gasteiger partial charge in [-0.3, -0.25) is 4.79 Å². The van der Waals surface area contributed by atoms with Crippen molar-refractivity contribution < 1.29 is 15.0 Å². The van der Waals surface area contributed by atoms with Crippen LogP contribution in [0.15, 0.2) is 18.2 Å². The summed E-state index contributed by atoms with van der Waals surface area (Å²) in [5.41, 5.74) is -0.0188. The van der Waals surface area contributed by atoms with E-state index in [0.29, 0.717) is 6.54 Å². The number of amides is 1. The molecule has 17 heavy (non-hydrogen) atoms. The van der Waals surface area contributed by atoms with E-state index in [2.05, 4.69) is 0 Å². The van der Waals surface area contributed by atoms with E-state index < -0.39 is 0 Å². The molecule has 1 rings (SSSR count). The van der Waals surface area contributed by atoms with E-state index in [9.17, 15) is 15.0 Å². The van der Waals surface area contributed by atoms with E-state index in [1.54, 1.807) is 4.90 Å². The van der Waals surface area contributed by atoms with Gasteiger partial charge in [-0.05, 0) is 32.4 Å². The Labute approximate surface area is 101 Å². The van der Waals surface area contributed by atoms with Gasteiger partial charge in [0, 0.05) is 12.6 Å². The molecule has 1 aromatic rings. The minimum Gasteiger partial charge on any atom is -0.507 e. The Morgan fingerprint density at radius 3 is 2.24 bits per heavy atom. The highest BCUT2D eigenvalue weighted by Gasteiger charge is 2.24. The SMILES string of the molecule is CCC(C)N(CC)C(=O)c1c(O)cccc1O. The van der Waals surface area contributed by atoms with Crippen molar-refractivity contribution in [3.63, 3.8) is 0 Å². The van der Waals surface area contributed by atoms with Gasteiger partial charge in [-0.15, -0.1) is 0 Å². The Hall–Kier alpha value is -1.71. The molecule has 1 aromatic carbocycles. The van der Waals surface area contributed by atoms with Crippen molar-refractivity contribution >= 4 is 5.91 Å². The summed E-state index contributed by atoms with van der Waals surface area (Å²) in [4.78, 5) is 13.9. The second kappa shape index (κ2) is 5.57. The van der Waals surface area contributed by atoms with Crippen molar-refractivity contribution in [3.8, 4) is 11.5 Å². The van der Waals surface area contributed by atoms with Gasteiger partial charge in [-0.25, -0.2) is 0 Å². The molecule has 1 atom stereocenters. The molecule has 1 amide bonds. The summed E-state index contributed by atoms with van der Waals surface area (Å²) in [5.74, 6) is -0.703. The summed E-state index contributed by atoms with van der Waals surface area (Å²) < 4.78 is 0. The molecule has 0 spiro atoms. The molecule has 0 saturated carbocycles. The van der Waals surface area contributed by atoms with Gasteiger partial charge < -0.3 is 15.1 Å². The Kier molecular flexibility index (Phi) is 4.37.